The number of rotatable bonds is 1. The van der Waals surface area contributed by atoms with Gasteiger partial charge in [0.25, 0.3) is 5.91 Å². The standard InChI is InChI=1S/C12H13F3N2O/c13-12(14,15)10-4-3-8(16)7-9(10)11(18)17-5-1-2-6-17/h3-4,7H,1-2,5-6,16H2. The van der Waals surface area contributed by atoms with Crippen LogP contribution in [0.2, 0.25) is 0 Å². The number of nitrogens with zero attached hydrogens (tertiary/aromatic N) is 1. The molecule has 18 heavy (non-hydrogen) atoms. The zero-order chi connectivity index (χ0) is 13.3. The molecule has 0 saturated carbocycles. The summed E-state index contributed by atoms with van der Waals surface area (Å²) >= 11 is 0. The van der Waals surface area contributed by atoms with Crippen molar-refractivity contribution in [3.63, 3.8) is 0 Å². The highest BCUT2D eigenvalue weighted by atomic mass is 19.4. The first-order valence-corrected chi connectivity index (χ1v) is 5.65. The van der Waals surface area contributed by atoms with Crippen LogP contribution in [0, 0.1) is 0 Å². The Morgan fingerprint density at radius 2 is 1.83 bits per heavy atom. The molecule has 98 valence electrons. The number of carbonyl (C=O) groups excluding carboxylic acids is 1. The summed E-state index contributed by atoms with van der Waals surface area (Å²) in [7, 11) is 0. The Hall–Kier alpha value is -1.72. The molecule has 0 radical (unpaired) electrons. The monoisotopic (exact) mass is 258 g/mol. The van der Waals surface area contributed by atoms with Crippen molar-refractivity contribution in [2.24, 2.45) is 0 Å². The molecule has 0 spiro atoms. The van der Waals surface area contributed by atoms with E-state index in [-0.39, 0.29) is 11.3 Å². The summed E-state index contributed by atoms with van der Waals surface area (Å²) < 4.78 is 38.4. The maximum absolute atomic E-state index is 12.8. The van der Waals surface area contributed by atoms with Gasteiger partial charge in [0.1, 0.15) is 0 Å². The van der Waals surface area contributed by atoms with E-state index in [1.54, 1.807) is 0 Å². The molecular weight excluding hydrogens is 245 g/mol. The van der Waals surface area contributed by atoms with Crippen LogP contribution in [0.3, 0.4) is 0 Å². The molecule has 6 heteroatoms. The van der Waals surface area contributed by atoms with E-state index in [9.17, 15) is 18.0 Å². The van der Waals surface area contributed by atoms with Gasteiger partial charge in [0.2, 0.25) is 0 Å². The number of alkyl halides is 3. The first kappa shape index (κ1) is 12.7. The molecule has 1 aromatic carbocycles. The molecule has 2 rings (SSSR count). The Labute approximate surface area is 102 Å². The van der Waals surface area contributed by atoms with Crippen molar-refractivity contribution >= 4 is 11.6 Å². The molecule has 1 heterocycles. The van der Waals surface area contributed by atoms with Crippen molar-refractivity contribution in [1.29, 1.82) is 0 Å². The highest BCUT2D eigenvalue weighted by molar-refractivity contribution is 5.97. The minimum absolute atomic E-state index is 0.158. The maximum Gasteiger partial charge on any atom is 0.417 e. The van der Waals surface area contributed by atoms with Gasteiger partial charge in [-0.25, -0.2) is 0 Å². The molecule has 1 aliphatic heterocycles. The summed E-state index contributed by atoms with van der Waals surface area (Å²) in [6.45, 7) is 1.01. The van der Waals surface area contributed by atoms with Crippen LogP contribution < -0.4 is 5.73 Å². The van der Waals surface area contributed by atoms with E-state index in [4.69, 9.17) is 5.73 Å². The third-order valence-corrected chi connectivity index (χ3v) is 2.97. The lowest BCUT2D eigenvalue weighted by atomic mass is 10.0. The quantitative estimate of drug-likeness (QED) is 0.787. The molecule has 1 saturated heterocycles. The van der Waals surface area contributed by atoms with Crippen molar-refractivity contribution < 1.29 is 18.0 Å². The van der Waals surface area contributed by atoms with Crippen LogP contribution in [0.5, 0.6) is 0 Å². The van der Waals surface area contributed by atoms with Gasteiger partial charge < -0.3 is 10.6 Å². The van der Waals surface area contributed by atoms with Gasteiger partial charge in [-0.05, 0) is 31.0 Å². The number of amides is 1. The van der Waals surface area contributed by atoms with Crippen molar-refractivity contribution in [3.05, 3.63) is 29.3 Å². The fourth-order valence-corrected chi connectivity index (χ4v) is 2.08. The van der Waals surface area contributed by atoms with E-state index in [1.807, 2.05) is 0 Å². The molecule has 1 aromatic rings. The normalized spacial score (nSPS) is 16.1. The van der Waals surface area contributed by atoms with Crippen molar-refractivity contribution in [2.75, 3.05) is 18.8 Å². The SMILES string of the molecule is Nc1ccc(C(F)(F)F)c(C(=O)N2CCCC2)c1. The zero-order valence-electron chi connectivity index (χ0n) is 9.63. The zero-order valence-corrected chi connectivity index (χ0v) is 9.63. The van der Waals surface area contributed by atoms with E-state index in [2.05, 4.69) is 0 Å². The summed E-state index contributed by atoms with van der Waals surface area (Å²) in [6, 6.07) is 3.12. The van der Waals surface area contributed by atoms with Crippen LogP contribution in [-0.2, 0) is 6.18 Å². The van der Waals surface area contributed by atoms with Crippen molar-refractivity contribution in [3.8, 4) is 0 Å². The lowest BCUT2D eigenvalue weighted by Gasteiger charge is -2.19. The smallest absolute Gasteiger partial charge is 0.399 e. The number of halogens is 3. The highest BCUT2D eigenvalue weighted by Gasteiger charge is 2.36. The topological polar surface area (TPSA) is 46.3 Å². The molecule has 0 unspecified atom stereocenters. The Balaban J connectivity index is 2.41. The number of hydrogen-bond donors (Lipinski definition) is 1. The fraction of sp³-hybridized carbons (Fsp3) is 0.417. The number of nitrogen functional groups attached to an aromatic ring is 1. The summed E-state index contributed by atoms with van der Waals surface area (Å²) in [5, 5.41) is 0. The average molecular weight is 258 g/mol. The lowest BCUT2D eigenvalue weighted by Crippen LogP contribution is -2.29. The van der Waals surface area contributed by atoms with Crippen LogP contribution in [0.15, 0.2) is 18.2 Å². The van der Waals surface area contributed by atoms with E-state index in [1.165, 1.54) is 4.90 Å². The van der Waals surface area contributed by atoms with Crippen molar-refractivity contribution in [2.45, 2.75) is 19.0 Å². The minimum Gasteiger partial charge on any atom is -0.399 e. The number of anilines is 1. The Morgan fingerprint density at radius 3 is 2.39 bits per heavy atom. The minimum atomic E-state index is -4.54. The molecule has 0 atom stereocenters. The van der Waals surface area contributed by atoms with Gasteiger partial charge in [0.15, 0.2) is 0 Å². The molecule has 1 amide bonds. The number of benzene rings is 1. The van der Waals surface area contributed by atoms with E-state index >= 15 is 0 Å². The van der Waals surface area contributed by atoms with Crippen LogP contribution >= 0.6 is 0 Å². The third-order valence-electron chi connectivity index (χ3n) is 2.97. The summed E-state index contributed by atoms with van der Waals surface area (Å²) in [4.78, 5) is 13.5. The summed E-state index contributed by atoms with van der Waals surface area (Å²) in [6.07, 6.45) is -2.89. The van der Waals surface area contributed by atoms with Crippen LogP contribution in [-0.4, -0.2) is 23.9 Å². The summed E-state index contributed by atoms with van der Waals surface area (Å²) in [5.74, 6) is -0.591. The first-order chi connectivity index (χ1) is 8.39. The lowest BCUT2D eigenvalue weighted by molar-refractivity contribution is -0.138. The number of carbonyl (C=O) groups is 1. The van der Waals surface area contributed by atoms with E-state index < -0.39 is 17.6 Å². The first-order valence-electron chi connectivity index (χ1n) is 5.65. The van der Waals surface area contributed by atoms with Crippen molar-refractivity contribution in [1.82, 2.24) is 4.90 Å². The third kappa shape index (κ3) is 2.42. The molecule has 3 nitrogen and oxygen atoms in total. The van der Waals surface area contributed by atoms with Crippen LogP contribution in [0.25, 0.3) is 0 Å². The largest absolute Gasteiger partial charge is 0.417 e. The molecule has 0 aliphatic carbocycles. The molecule has 2 N–H and O–H groups in total. The van der Waals surface area contributed by atoms with Gasteiger partial charge in [-0.1, -0.05) is 0 Å². The second-order valence-electron chi connectivity index (χ2n) is 4.30. The molecule has 0 bridgehead atoms. The molecule has 1 aliphatic rings. The van der Waals surface area contributed by atoms with Crippen LogP contribution in [0.4, 0.5) is 18.9 Å². The van der Waals surface area contributed by atoms with Gasteiger partial charge in [0, 0.05) is 18.8 Å². The maximum atomic E-state index is 12.8. The van der Waals surface area contributed by atoms with Gasteiger partial charge in [0.05, 0.1) is 11.1 Å². The molecule has 0 aromatic heterocycles. The van der Waals surface area contributed by atoms with Crippen LogP contribution in [0.1, 0.15) is 28.8 Å². The van der Waals surface area contributed by atoms with E-state index in [0.29, 0.717) is 13.1 Å². The number of likely N-dealkylation sites (tertiary alicyclic amines) is 1. The molecule has 1 fully saturated rings. The Kier molecular flexibility index (Phi) is 3.19. The number of nitrogens with two attached hydrogens (primary N) is 1. The number of hydrogen-bond acceptors (Lipinski definition) is 2. The second kappa shape index (κ2) is 4.51. The van der Waals surface area contributed by atoms with Gasteiger partial charge in [-0.2, -0.15) is 13.2 Å². The summed E-state index contributed by atoms with van der Waals surface area (Å²) in [5.41, 5.74) is 4.35. The Bertz CT molecular complexity index is 465. The fourth-order valence-electron chi connectivity index (χ4n) is 2.08. The Morgan fingerprint density at radius 1 is 1.22 bits per heavy atom. The molecular formula is C12H13F3N2O. The van der Waals surface area contributed by atoms with Gasteiger partial charge >= 0.3 is 6.18 Å². The van der Waals surface area contributed by atoms with E-state index in [0.717, 1.165) is 31.0 Å². The average Bonchev–Trinajstić information content (AvgIpc) is 2.79. The predicted octanol–water partition coefficient (Wildman–Crippen LogP) is 2.52. The van der Waals surface area contributed by atoms with Gasteiger partial charge in [-0.15, -0.1) is 0 Å². The second-order valence-corrected chi connectivity index (χ2v) is 4.30. The predicted molar refractivity (Wildman–Crippen MR) is 61.0 cm³/mol. The highest BCUT2D eigenvalue weighted by Crippen LogP contribution is 2.33. The van der Waals surface area contributed by atoms with Gasteiger partial charge in [-0.3, -0.25) is 4.79 Å².